The van der Waals surface area contributed by atoms with Crippen LogP contribution in [0.25, 0.3) is 0 Å². The second-order valence-corrected chi connectivity index (χ2v) is 6.50. The van der Waals surface area contributed by atoms with Crippen molar-refractivity contribution in [2.24, 2.45) is 11.3 Å². The zero-order chi connectivity index (χ0) is 14.8. The molecule has 0 bridgehead atoms. The number of carboxylic acids is 1. The predicted molar refractivity (Wildman–Crippen MR) is 76.4 cm³/mol. The van der Waals surface area contributed by atoms with Crippen LogP contribution in [0.2, 0.25) is 0 Å². The molecule has 20 heavy (non-hydrogen) atoms. The monoisotopic (exact) mass is 279 g/mol. The van der Waals surface area contributed by atoms with Crippen LogP contribution in [-0.2, 0) is 11.2 Å². The first-order valence-electron chi connectivity index (χ1n) is 7.57. The van der Waals surface area contributed by atoms with E-state index in [9.17, 15) is 9.90 Å². The number of carboxylic acid groups (broad SMARTS) is 1. The second kappa shape index (κ2) is 5.94. The van der Waals surface area contributed by atoms with E-state index in [1.807, 2.05) is 13.8 Å². The molecule has 112 valence electrons. The Morgan fingerprint density at radius 3 is 2.65 bits per heavy atom. The van der Waals surface area contributed by atoms with Crippen LogP contribution in [0.4, 0.5) is 0 Å². The zero-order valence-electron chi connectivity index (χ0n) is 12.7. The number of rotatable bonds is 5. The van der Waals surface area contributed by atoms with Crippen molar-refractivity contribution in [3.05, 3.63) is 12.2 Å². The van der Waals surface area contributed by atoms with E-state index in [2.05, 4.69) is 14.8 Å². The van der Waals surface area contributed by atoms with Gasteiger partial charge in [0.2, 0.25) is 0 Å². The summed E-state index contributed by atoms with van der Waals surface area (Å²) in [4.78, 5) is 11.6. The smallest absolute Gasteiger partial charge is 0.310 e. The lowest BCUT2D eigenvalue weighted by molar-refractivity contribution is -0.150. The largest absolute Gasteiger partial charge is 0.481 e. The van der Waals surface area contributed by atoms with Crippen molar-refractivity contribution >= 4 is 5.97 Å². The summed E-state index contributed by atoms with van der Waals surface area (Å²) in [5.41, 5.74) is -0.792. The molecule has 0 spiro atoms. The van der Waals surface area contributed by atoms with Crippen LogP contribution in [0.5, 0.6) is 0 Å². The Bertz CT molecular complexity index is 463. The van der Waals surface area contributed by atoms with Gasteiger partial charge in [-0.2, -0.15) is 0 Å². The number of carbonyl (C=O) groups is 1. The summed E-state index contributed by atoms with van der Waals surface area (Å²) >= 11 is 0. The first-order chi connectivity index (χ1) is 9.45. The minimum Gasteiger partial charge on any atom is -0.481 e. The third-order valence-electron chi connectivity index (χ3n) is 4.90. The molecule has 1 unspecified atom stereocenters. The van der Waals surface area contributed by atoms with Gasteiger partial charge in [-0.15, -0.1) is 10.2 Å². The first kappa shape index (κ1) is 15.0. The molecule has 5 heteroatoms. The fourth-order valence-electron chi connectivity index (χ4n) is 2.91. The van der Waals surface area contributed by atoms with Crippen molar-refractivity contribution in [2.75, 3.05) is 0 Å². The Kier molecular flexibility index (Phi) is 4.45. The average molecular weight is 279 g/mol. The van der Waals surface area contributed by atoms with Crippen LogP contribution in [0.3, 0.4) is 0 Å². The number of hydrogen-bond donors (Lipinski definition) is 1. The number of nitrogens with zero attached hydrogens (tertiary/aromatic N) is 3. The van der Waals surface area contributed by atoms with Gasteiger partial charge in [-0.1, -0.05) is 33.1 Å². The van der Waals surface area contributed by atoms with E-state index in [1.165, 1.54) is 19.3 Å². The highest BCUT2D eigenvalue weighted by Crippen LogP contribution is 2.34. The molecule has 0 radical (unpaired) electrons. The van der Waals surface area contributed by atoms with E-state index in [0.717, 1.165) is 18.7 Å². The number of aliphatic carboxylic acids is 1. The lowest BCUT2D eigenvalue weighted by Gasteiger charge is -2.30. The van der Waals surface area contributed by atoms with Gasteiger partial charge in [0.1, 0.15) is 12.2 Å². The molecule has 2 rings (SSSR count). The van der Waals surface area contributed by atoms with Crippen molar-refractivity contribution in [1.82, 2.24) is 14.8 Å². The molecule has 0 aliphatic heterocycles. The van der Waals surface area contributed by atoms with Crippen LogP contribution < -0.4 is 0 Å². The Balaban J connectivity index is 2.21. The van der Waals surface area contributed by atoms with E-state index in [0.29, 0.717) is 12.5 Å². The molecule has 1 aromatic rings. The lowest BCUT2D eigenvalue weighted by atomic mass is 9.76. The minimum atomic E-state index is -0.792. The highest BCUT2D eigenvalue weighted by Gasteiger charge is 2.38. The Morgan fingerprint density at radius 1 is 1.45 bits per heavy atom. The van der Waals surface area contributed by atoms with Gasteiger partial charge in [0.05, 0.1) is 5.41 Å². The van der Waals surface area contributed by atoms with Crippen LogP contribution in [0.15, 0.2) is 6.33 Å². The van der Waals surface area contributed by atoms with Crippen molar-refractivity contribution < 1.29 is 9.90 Å². The molecule has 1 aliphatic rings. The van der Waals surface area contributed by atoms with Crippen molar-refractivity contribution in [3.8, 4) is 0 Å². The van der Waals surface area contributed by atoms with E-state index >= 15 is 0 Å². The molecule has 0 saturated heterocycles. The fraction of sp³-hybridized carbons (Fsp3) is 0.800. The minimum absolute atomic E-state index is 0.0523. The van der Waals surface area contributed by atoms with Crippen molar-refractivity contribution in [3.63, 3.8) is 0 Å². The molecule has 1 aromatic heterocycles. The summed E-state index contributed by atoms with van der Waals surface area (Å²) in [5, 5.41) is 17.8. The fourth-order valence-corrected chi connectivity index (χ4v) is 2.91. The van der Waals surface area contributed by atoms with Crippen LogP contribution >= 0.6 is 0 Å². The van der Waals surface area contributed by atoms with E-state index in [4.69, 9.17) is 0 Å². The van der Waals surface area contributed by atoms with Crippen molar-refractivity contribution in [2.45, 2.75) is 65.3 Å². The first-order valence-corrected chi connectivity index (χ1v) is 7.57. The molecular formula is C15H25N3O2. The van der Waals surface area contributed by atoms with E-state index in [-0.39, 0.29) is 5.92 Å². The quantitative estimate of drug-likeness (QED) is 0.899. The molecule has 1 N–H and O–H groups in total. The molecule has 1 atom stereocenters. The highest BCUT2D eigenvalue weighted by molar-refractivity contribution is 5.74. The van der Waals surface area contributed by atoms with Gasteiger partial charge in [0.25, 0.3) is 0 Å². The third-order valence-corrected chi connectivity index (χ3v) is 4.90. The van der Waals surface area contributed by atoms with Crippen LogP contribution in [0.1, 0.15) is 64.7 Å². The van der Waals surface area contributed by atoms with Crippen LogP contribution in [-0.4, -0.2) is 25.8 Å². The molecule has 5 nitrogen and oxygen atoms in total. The lowest BCUT2D eigenvalue weighted by Crippen LogP contribution is -2.36. The molecule has 1 heterocycles. The maximum absolute atomic E-state index is 11.6. The van der Waals surface area contributed by atoms with Gasteiger partial charge in [0.15, 0.2) is 0 Å². The Morgan fingerprint density at radius 2 is 2.10 bits per heavy atom. The Labute approximate surface area is 120 Å². The van der Waals surface area contributed by atoms with Gasteiger partial charge >= 0.3 is 5.97 Å². The van der Waals surface area contributed by atoms with Gasteiger partial charge in [-0.3, -0.25) is 4.79 Å². The van der Waals surface area contributed by atoms with Crippen LogP contribution in [0, 0.1) is 11.3 Å². The molecule has 0 aromatic carbocycles. The second-order valence-electron chi connectivity index (χ2n) is 6.50. The number of hydrogen-bond acceptors (Lipinski definition) is 3. The topological polar surface area (TPSA) is 68.0 Å². The van der Waals surface area contributed by atoms with Crippen molar-refractivity contribution in [1.29, 1.82) is 0 Å². The molecule has 1 fully saturated rings. The summed E-state index contributed by atoms with van der Waals surface area (Å²) in [5.74, 6) is 0.109. The summed E-state index contributed by atoms with van der Waals surface area (Å²) in [6, 6.07) is 0.443. The predicted octanol–water partition coefficient (Wildman–Crippen LogP) is 3.07. The Hall–Kier alpha value is -1.39. The van der Waals surface area contributed by atoms with Gasteiger partial charge in [-0.25, -0.2) is 0 Å². The molecule has 0 amide bonds. The maximum atomic E-state index is 11.6. The van der Waals surface area contributed by atoms with Gasteiger partial charge in [0, 0.05) is 12.5 Å². The number of aromatic nitrogens is 3. The molecule has 1 saturated carbocycles. The summed E-state index contributed by atoms with van der Waals surface area (Å²) < 4.78 is 2.11. The summed E-state index contributed by atoms with van der Waals surface area (Å²) in [6.45, 7) is 5.71. The standard InChI is InChI=1S/C15H25N3O2/c1-11(2)15(3,14(19)20)9-13-17-16-10-18(13)12-7-5-4-6-8-12/h10-12H,4-9H2,1-3H3,(H,19,20). The maximum Gasteiger partial charge on any atom is 0.310 e. The third kappa shape index (κ3) is 2.86. The molecular weight excluding hydrogens is 254 g/mol. The zero-order valence-corrected chi connectivity index (χ0v) is 12.7. The van der Waals surface area contributed by atoms with E-state index < -0.39 is 11.4 Å². The average Bonchev–Trinajstić information content (AvgIpc) is 2.87. The summed E-state index contributed by atoms with van der Waals surface area (Å²) in [6.07, 6.45) is 8.29. The molecule has 1 aliphatic carbocycles. The van der Waals surface area contributed by atoms with Gasteiger partial charge < -0.3 is 9.67 Å². The normalized spacial score (nSPS) is 20.0. The SMILES string of the molecule is CC(C)C(C)(Cc1nncn1C1CCCCC1)C(=O)O. The van der Waals surface area contributed by atoms with Gasteiger partial charge in [-0.05, 0) is 25.7 Å². The highest BCUT2D eigenvalue weighted by atomic mass is 16.4. The summed E-state index contributed by atoms with van der Waals surface area (Å²) in [7, 11) is 0. The van der Waals surface area contributed by atoms with E-state index in [1.54, 1.807) is 13.3 Å².